The molecule has 4 aromatic rings. The minimum Gasteiger partial charge on any atom is -0.350 e. The lowest BCUT2D eigenvalue weighted by Crippen LogP contribution is -2.34. The molecular formula is C25H30N4O4S. The molecule has 1 N–H and O–H groups in total. The molecule has 0 fully saturated rings. The van der Waals surface area contributed by atoms with Crippen LogP contribution in [-0.4, -0.2) is 34.3 Å². The summed E-state index contributed by atoms with van der Waals surface area (Å²) in [6, 6.07) is 13.2. The van der Waals surface area contributed by atoms with Gasteiger partial charge in [-0.05, 0) is 42.7 Å². The Hall–Kier alpha value is -3.33. The number of rotatable bonds is 8. The van der Waals surface area contributed by atoms with Gasteiger partial charge in [0.15, 0.2) is 0 Å². The van der Waals surface area contributed by atoms with Crippen LogP contribution in [0.3, 0.4) is 0 Å². The number of carbonyl (C=O) groups excluding carboxylic acids is 1. The molecule has 34 heavy (non-hydrogen) atoms. The summed E-state index contributed by atoms with van der Waals surface area (Å²) < 4.78 is 30.6. The van der Waals surface area contributed by atoms with Crippen molar-refractivity contribution >= 4 is 37.9 Å². The van der Waals surface area contributed by atoms with Crippen molar-refractivity contribution in [2.75, 3.05) is 6.26 Å². The molecule has 9 heteroatoms. The number of nitrogens with one attached hydrogen (secondary N) is 1. The van der Waals surface area contributed by atoms with E-state index in [1.807, 2.05) is 49.0 Å². The predicted octanol–water partition coefficient (Wildman–Crippen LogP) is 3.46. The summed E-state index contributed by atoms with van der Waals surface area (Å²) in [5.41, 5.74) is 4.59. The topological polar surface area (TPSA) is 95.1 Å². The van der Waals surface area contributed by atoms with Crippen LogP contribution in [0.4, 0.5) is 0 Å². The molecule has 0 unspecified atom stereocenters. The Morgan fingerprint density at radius 2 is 1.74 bits per heavy atom. The van der Waals surface area contributed by atoms with Crippen molar-refractivity contribution in [2.24, 2.45) is 7.05 Å². The van der Waals surface area contributed by atoms with Crippen molar-refractivity contribution in [3.05, 3.63) is 70.3 Å². The van der Waals surface area contributed by atoms with Gasteiger partial charge in [0.1, 0.15) is 0 Å². The normalized spacial score (nSPS) is 12.9. The third-order valence-corrected chi connectivity index (χ3v) is 6.80. The summed E-state index contributed by atoms with van der Waals surface area (Å²) in [6.45, 7) is 4.43. The van der Waals surface area contributed by atoms with E-state index in [0.717, 1.165) is 45.7 Å². The van der Waals surface area contributed by atoms with Gasteiger partial charge in [-0.2, -0.15) is 0 Å². The molecule has 2 aromatic heterocycles. The third-order valence-electron chi connectivity index (χ3n) is 6.21. The van der Waals surface area contributed by atoms with E-state index in [2.05, 4.69) is 29.8 Å². The number of aromatic nitrogens is 3. The van der Waals surface area contributed by atoms with E-state index in [-0.39, 0.29) is 12.1 Å². The second-order valence-corrected chi connectivity index (χ2v) is 10.7. The van der Waals surface area contributed by atoms with Crippen LogP contribution in [-0.2, 0) is 28.4 Å². The van der Waals surface area contributed by atoms with Gasteiger partial charge in [-0.25, -0.2) is 13.2 Å². The van der Waals surface area contributed by atoms with Crippen molar-refractivity contribution < 1.29 is 13.2 Å². The number of para-hydroxylation sites is 2. The van der Waals surface area contributed by atoms with Gasteiger partial charge in [-0.15, -0.1) is 0 Å². The Kier molecular flexibility index (Phi) is 6.40. The van der Waals surface area contributed by atoms with Crippen molar-refractivity contribution in [2.45, 2.75) is 45.7 Å². The van der Waals surface area contributed by atoms with E-state index in [9.17, 15) is 18.0 Å². The largest absolute Gasteiger partial charge is 0.350 e. The highest BCUT2D eigenvalue weighted by atomic mass is 32.2. The average molecular weight is 483 g/mol. The van der Waals surface area contributed by atoms with Gasteiger partial charge in [0.05, 0.1) is 23.8 Å². The number of sulfonamides is 1. The Morgan fingerprint density at radius 3 is 2.41 bits per heavy atom. The zero-order valence-electron chi connectivity index (χ0n) is 19.9. The van der Waals surface area contributed by atoms with Crippen LogP contribution >= 0.6 is 0 Å². The van der Waals surface area contributed by atoms with Crippen molar-refractivity contribution in [3.8, 4) is 0 Å². The van der Waals surface area contributed by atoms with E-state index in [1.165, 1.54) is 0 Å². The number of hydrogen-bond donors (Lipinski definition) is 1. The fraction of sp³-hybridized carbons (Fsp3) is 0.360. The van der Waals surface area contributed by atoms with E-state index in [4.69, 9.17) is 0 Å². The van der Waals surface area contributed by atoms with Crippen LogP contribution in [0, 0.1) is 6.92 Å². The standard InChI is InChI=1S/C25H30N4O4S/c1-5-9-19(14-23(30)26-34(4,32)33)29-21-12-7-6-11-20(21)28(25(29)31)16-18-15-27(3)22-13-8-10-17(2)24(18)22/h6-8,10-13,15,19H,5,9,14,16H2,1-4H3,(H,26,30)/t19-/m0/s1. The van der Waals surface area contributed by atoms with Crippen LogP contribution in [0.1, 0.15) is 43.4 Å². The van der Waals surface area contributed by atoms with Crippen LogP contribution in [0.2, 0.25) is 0 Å². The van der Waals surface area contributed by atoms with Gasteiger partial charge in [0.25, 0.3) is 0 Å². The lowest BCUT2D eigenvalue weighted by Gasteiger charge is -2.17. The first-order chi connectivity index (χ1) is 16.1. The summed E-state index contributed by atoms with van der Waals surface area (Å²) in [5, 5.41) is 1.13. The summed E-state index contributed by atoms with van der Waals surface area (Å²) in [6.07, 6.45) is 4.22. The van der Waals surface area contributed by atoms with Gasteiger partial charge < -0.3 is 4.57 Å². The highest BCUT2D eigenvalue weighted by Crippen LogP contribution is 2.27. The maximum Gasteiger partial charge on any atom is 0.329 e. The van der Waals surface area contributed by atoms with Gasteiger partial charge >= 0.3 is 5.69 Å². The number of carbonyl (C=O) groups is 1. The van der Waals surface area contributed by atoms with Crippen molar-refractivity contribution in [1.29, 1.82) is 0 Å². The van der Waals surface area contributed by atoms with Gasteiger partial charge in [0.2, 0.25) is 15.9 Å². The average Bonchev–Trinajstić information content (AvgIpc) is 3.22. The zero-order chi connectivity index (χ0) is 24.6. The van der Waals surface area contributed by atoms with E-state index in [0.29, 0.717) is 13.0 Å². The first-order valence-corrected chi connectivity index (χ1v) is 13.2. The third kappa shape index (κ3) is 4.52. The fourth-order valence-electron chi connectivity index (χ4n) is 4.88. The highest BCUT2D eigenvalue weighted by Gasteiger charge is 2.24. The monoisotopic (exact) mass is 482 g/mol. The molecule has 0 spiro atoms. The number of imidazole rings is 1. The fourth-order valence-corrected chi connectivity index (χ4v) is 5.37. The van der Waals surface area contributed by atoms with E-state index < -0.39 is 22.0 Å². The summed E-state index contributed by atoms with van der Waals surface area (Å²) >= 11 is 0. The van der Waals surface area contributed by atoms with Gasteiger partial charge in [-0.1, -0.05) is 37.6 Å². The van der Waals surface area contributed by atoms with Crippen LogP contribution < -0.4 is 10.4 Å². The number of hydrogen-bond acceptors (Lipinski definition) is 4. The molecule has 2 heterocycles. The highest BCUT2D eigenvalue weighted by molar-refractivity contribution is 7.89. The van der Waals surface area contributed by atoms with Crippen LogP contribution in [0.25, 0.3) is 21.9 Å². The number of amides is 1. The molecule has 0 aliphatic rings. The minimum absolute atomic E-state index is 0.0950. The van der Waals surface area contributed by atoms with Crippen molar-refractivity contribution in [3.63, 3.8) is 0 Å². The molecule has 180 valence electrons. The molecule has 0 saturated heterocycles. The van der Waals surface area contributed by atoms with Crippen LogP contribution in [0.5, 0.6) is 0 Å². The lowest BCUT2D eigenvalue weighted by atomic mass is 10.1. The molecule has 4 rings (SSSR count). The molecule has 0 aliphatic carbocycles. The van der Waals surface area contributed by atoms with Crippen LogP contribution in [0.15, 0.2) is 53.5 Å². The molecule has 1 atom stereocenters. The molecule has 8 nitrogen and oxygen atoms in total. The van der Waals surface area contributed by atoms with Gasteiger partial charge in [-0.3, -0.25) is 18.7 Å². The van der Waals surface area contributed by atoms with Gasteiger partial charge in [0, 0.05) is 36.6 Å². The summed E-state index contributed by atoms with van der Waals surface area (Å²) in [7, 11) is -1.68. The Morgan fingerprint density at radius 1 is 1.06 bits per heavy atom. The predicted molar refractivity (Wildman–Crippen MR) is 135 cm³/mol. The quantitative estimate of drug-likeness (QED) is 0.416. The summed E-state index contributed by atoms with van der Waals surface area (Å²) in [5.74, 6) is -0.616. The smallest absolute Gasteiger partial charge is 0.329 e. The number of fused-ring (bicyclic) bond motifs is 2. The molecule has 2 aromatic carbocycles. The lowest BCUT2D eigenvalue weighted by molar-refractivity contribution is -0.120. The van der Waals surface area contributed by atoms with E-state index in [1.54, 1.807) is 9.13 Å². The molecule has 1 amide bonds. The van der Waals surface area contributed by atoms with Crippen molar-refractivity contribution in [1.82, 2.24) is 18.4 Å². The number of aryl methyl sites for hydroxylation is 2. The number of nitrogens with zero attached hydrogens (tertiary/aromatic N) is 3. The maximum absolute atomic E-state index is 13.8. The second-order valence-electron chi connectivity index (χ2n) is 8.91. The summed E-state index contributed by atoms with van der Waals surface area (Å²) in [4.78, 5) is 26.2. The van der Waals surface area contributed by atoms with E-state index >= 15 is 0 Å². The zero-order valence-corrected chi connectivity index (χ0v) is 20.7. The Bertz CT molecular complexity index is 1540. The maximum atomic E-state index is 13.8. The second kappa shape index (κ2) is 9.13. The number of benzene rings is 2. The Balaban J connectivity index is 1.83. The molecule has 0 aliphatic heterocycles. The minimum atomic E-state index is -3.67. The SMILES string of the molecule is CCC[C@@H](CC(=O)NS(C)(=O)=O)n1c(=O)n(Cc2cn(C)c3cccc(C)c23)c2ccccc21. The molecular weight excluding hydrogens is 452 g/mol. The Labute approximate surface area is 198 Å². The first-order valence-electron chi connectivity index (χ1n) is 11.3. The molecule has 0 radical (unpaired) electrons. The first kappa shape index (κ1) is 23.8. The molecule has 0 saturated carbocycles. The molecule has 0 bridgehead atoms.